The number of carboxylic acids is 1. The molecule has 0 radical (unpaired) electrons. The van der Waals surface area contributed by atoms with Crippen molar-refractivity contribution in [3.63, 3.8) is 0 Å². The summed E-state index contributed by atoms with van der Waals surface area (Å²) in [6.45, 7) is 0.565. The molecule has 8 nitrogen and oxygen atoms in total. The lowest BCUT2D eigenvalue weighted by atomic mass is 10.1. The van der Waals surface area contributed by atoms with Gasteiger partial charge >= 0.3 is 12.0 Å². The summed E-state index contributed by atoms with van der Waals surface area (Å²) in [6, 6.07) is 4.30. The molecule has 1 aliphatic heterocycles. The highest BCUT2D eigenvalue weighted by Crippen LogP contribution is 2.35. The Morgan fingerprint density at radius 2 is 2.29 bits per heavy atom. The number of anilines is 2. The molecule has 2 amide bonds. The van der Waals surface area contributed by atoms with Crippen LogP contribution in [0.1, 0.15) is 10.4 Å². The van der Waals surface area contributed by atoms with Crippen molar-refractivity contribution in [2.45, 2.75) is 0 Å². The molecule has 21 heavy (non-hydrogen) atoms. The van der Waals surface area contributed by atoms with E-state index in [4.69, 9.17) is 9.84 Å². The number of carboxylic acid groups (broad SMARTS) is 1. The van der Waals surface area contributed by atoms with Crippen LogP contribution in [-0.2, 0) is 0 Å². The number of aromatic carboxylic acids is 1. The van der Waals surface area contributed by atoms with Gasteiger partial charge in [-0.05, 0) is 12.1 Å². The second-order valence-corrected chi connectivity index (χ2v) is 4.38. The van der Waals surface area contributed by atoms with Gasteiger partial charge in [-0.2, -0.15) is 5.10 Å². The minimum absolute atomic E-state index is 0.0355. The first-order valence-electron chi connectivity index (χ1n) is 6.23. The van der Waals surface area contributed by atoms with Gasteiger partial charge in [-0.15, -0.1) is 0 Å². The van der Waals surface area contributed by atoms with Gasteiger partial charge < -0.3 is 15.2 Å². The molecule has 0 spiro atoms. The fraction of sp³-hybridized carbons (Fsp3) is 0.154. The van der Waals surface area contributed by atoms with E-state index in [0.29, 0.717) is 17.9 Å². The van der Waals surface area contributed by atoms with Crippen molar-refractivity contribution in [1.82, 2.24) is 10.2 Å². The molecular weight excluding hydrogens is 276 g/mol. The number of para-hydroxylation sites is 1. The lowest BCUT2D eigenvalue weighted by molar-refractivity contribution is 0.0692. The number of nitrogens with zero attached hydrogens (tertiary/aromatic N) is 2. The Morgan fingerprint density at radius 1 is 1.43 bits per heavy atom. The number of fused-ring (bicyclic) bond motifs is 1. The van der Waals surface area contributed by atoms with Crippen molar-refractivity contribution in [3.8, 4) is 5.75 Å². The normalized spacial score (nSPS) is 13.2. The van der Waals surface area contributed by atoms with Crippen LogP contribution in [0.4, 0.5) is 16.2 Å². The molecule has 0 saturated carbocycles. The highest BCUT2D eigenvalue weighted by Gasteiger charge is 2.27. The minimum atomic E-state index is -1.09. The number of hydrogen-bond donors (Lipinski definition) is 3. The molecule has 0 fully saturated rings. The standard InChI is InChI=1S/C13H12N4O4/c18-12(19)9-2-1-3-10-11(9)21-5-4-17(10)13(20)16-8-6-14-15-7-8/h1-3,6-7H,4-5H2,(H,14,15)(H,16,20)(H,18,19). The number of carbonyl (C=O) groups is 2. The number of hydrogen-bond acceptors (Lipinski definition) is 4. The molecule has 3 rings (SSSR count). The number of urea groups is 1. The SMILES string of the molecule is O=C(O)c1cccc2c1OCCN2C(=O)Nc1cn[nH]c1. The lowest BCUT2D eigenvalue weighted by Crippen LogP contribution is -2.41. The third-order valence-electron chi connectivity index (χ3n) is 3.07. The predicted octanol–water partition coefficient (Wildman–Crippen LogP) is 1.54. The molecule has 3 N–H and O–H groups in total. The maximum atomic E-state index is 12.3. The van der Waals surface area contributed by atoms with Crippen LogP contribution in [0.15, 0.2) is 30.6 Å². The summed E-state index contributed by atoms with van der Waals surface area (Å²) in [6.07, 6.45) is 3.03. The average molecular weight is 288 g/mol. The Bertz CT molecular complexity index is 683. The number of H-pyrrole nitrogens is 1. The van der Waals surface area contributed by atoms with Gasteiger partial charge in [-0.1, -0.05) is 6.07 Å². The Hall–Kier alpha value is -3.03. The van der Waals surface area contributed by atoms with E-state index in [1.165, 1.54) is 17.2 Å². The van der Waals surface area contributed by atoms with E-state index >= 15 is 0 Å². The second kappa shape index (κ2) is 5.16. The van der Waals surface area contributed by atoms with Crippen LogP contribution in [0.3, 0.4) is 0 Å². The molecule has 8 heteroatoms. The maximum absolute atomic E-state index is 12.3. The average Bonchev–Trinajstić information content (AvgIpc) is 2.98. The van der Waals surface area contributed by atoms with Crippen LogP contribution >= 0.6 is 0 Å². The molecule has 0 aliphatic carbocycles. The van der Waals surface area contributed by atoms with E-state index < -0.39 is 5.97 Å². The fourth-order valence-corrected chi connectivity index (χ4v) is 2.14. The number of nitrogens with one attached hydrogen (secondary N) is 2. The molecule has 0 unspecified atom stereocenters. The quantitative estimate of drug-likeness (QED) is 0.777. The van der Waals surface area contributed by atoms with Crippen LogP contribution in [-0.4, -0.2) is 40.5 Å². The van der Waals surface area contributed by atoms with Crippen molar-refractivity contribution >= 4 is 23.4 Å². The fourth-order valence-electron chi connectivity index (χ4n) is 2.14. The largest absolute Gasteiger partial charge is 0.489 e. The topological polar surface area (TPSA) is 108 Å². The number of amides is 2. The maximum Gasteiger partial charge on any atom is 0.339 e. The molecule has 2 heterocycles. The number of rotatable bonds is 2. The number of ether oxygens (including phenoxy) is 1. The van der Waals surface area contributed by atoms with E-state index in [1.54, 1.807) is 18.3 Å². The van der Waals surface area contributed by atoms with Crippen molar-refractivity contribution < 1.29 is 19.4 Å². The zero-order chi connectivity index (χ0) is 14.8. The van der Waals surface area contributed by atoms with Gasteiger partial charge in [0.2, 0.25) is 0 Å². The minimum Gasteiger partial charge on any atom is -0.489 e. The van der Waals surface area contributed by atoms with Crippen LogP contribution in [0.5, 0.6) is 5.75 Å². The van der Waals surface area contributed by atoms with Gasteiger partial charge in [0.05, 0.1) is 24.1 Å². The first-order chi connectivity index (χ1) is 10.2. The zero-order valence-electron chi connectivity index (χ0n) is 10.9. The summed E-state index contributed by atoms with van der Waals surface area (Å²) in [5.74, 6) is -0.887. The Kier molecular flexibility index (Phi) is 3.19. The molecule has 0 bridgehead atoms. The van der Waals surface area contributed by atoms with Crippen molar-refractivity contribution in [3.05, 3.63) is 36.2 Å². The van der Waals surface area contributed by atoms with E-state index in [1.807, 2.05) is 0 Å². The summed E-state index contributed by atoms with van der Waals surface area (Å²) in [7, 11) is 0. The summed E-state index contributed by atoms with van der Waals surface area (Å²) in [5.41, 5.74) is 0.998. The highest BCUT2D eigenvalue weighted by atomic mass is 16.5. The first-order valence-corrected chi connectivity index (χ1v) is 6.23. The van der Waals surface area contributed by atoms with Crippen LogP contribution in [0.2, 0.25) is 0 Å². The number of carbonyl (C=O) groups excluding carboxylic acids is 1. The third kappa shape index (κ3) is 2.38. The molecule has 0 atom stereocenters. The third-order valence-corrected chi connectivity index (χ3v) is 3.07. The van der Waals surface area contributed by atoms with Gasteiger partial charge in [0.1, 0.15) is 12.2 Å². The van der Waals surface area contributed by atoms with Gasteiger partial charge in [0, 0.05) is 6.20 Å². The van der Waals surface area contributed by atoms with Crippen molar-refractivity contribution in [2.24, 2.45) is 0 Å². The second-order valence-electron chi connectivity index (χ2n) is 4.38. The van der Waals surface area contributed by atoms with Gasteiger partial charge in [-0.25, -0.2) is 9.59 Å². The van der Waals surface area contributed by atoms with Crippen LogP contribution in [0.25, 0.3) is 0 Å². The van der Waals surface area contributed by atoms with Crippen LogP contribution in [0, 0.1) is 0 Å². The van der Waals surface area contributed by atoms with E-state index in [0.717, 1.165) is 0 Å². The first kappa shape index (κ1) is 13.0. The molecule has 1 aliphatic rings. The molecule has 1 aromatic heterocycles. The van der Waals surface area contributed by atoms with Gasteiger partial charge in [-0.3, -0.25) is 10.00 Å². The molecule has 1 aromatic carbocycles. The monoisotopic (exact) mass is 288 g/mol. The highest BCUT2D eigenvalue weighted by molar-refractivity contribution is 6.04. The van der Waals surface area contributed by atoms with Crippen molar-refractivity contribution in [2.75, 3.05) is 23.4 Å². The Morgan fingerprint density at radius 3 is 3.00 bits per heavy atom. The zero-order valence-corrected chi connectivity index (χ0v) is 10.9. The van der Waals surface area contributed by atoms with Gasteiger partial charge in [0.25, 0.3) is 0 Å². The van der Waals surface area contributed by atoms with E-state index in [-0.39, 0.29) is 24.0 Å². The summed E-state index contributed by atoms with van der Waals surface area (Å²) >= 11 is 0. The van der Waals surface area contributed by atoms with E-state index in [2.05, 4.69) is 15.5 Å². The Balaban J connectivity index is 1.92. The predicted molar refractivity (Wildman–Crippen MR) is 73.8 cm³/mol. The number of benzene rings is 1. The molecule has 0 saturated heterocycles. The summed E-state index contributed by atoms with van der Waals surface area (Å²) < 4.78 is 5.41. The lowest BCUT2D eigenvalue weighted by Gasteiger charge is -2.30. The number of aromatic amines is 1. The molecule has 2 aromatic rings. The summed E-state index contributed by atoms with van der Waals surface area (Å²) in [4.78, 5) is 24.9. The molecular formula is C13H12N4O4. The number of aromatic nitrogens is 2. The van der Waals surface area contributed by atoms with Crippen LogP contribution < -0.4 is 15.0 Å². The molecule has 108 valence electrons. The van der Waals surface area contributed by atoms with Crippen molar-refractivity contribution in [1.29, 1.82) is 0 Å². The smallest absolute Gasteiger partial charge is 0.339 e. The summed E-state index contributed by atoms with van der Waals surface area (Å²) in [5, 5.41) is 18.2. The van der Waals surface area contributed by atoms with E-state index in [9.17, 15) is 9.59 Å². The van der Waals surface area contributed by atoms with Gasteiger partial charge in [0.15, 0.2) is 5.75 Å². The Labute approximate surface area is 119 Å².